The number of hydrogen-bond donors (Lipinski definition) is 1. The van der Waals surface area contributed by atoms with Crippen molar-refractivity contribution in [1.29, 1.82) is 0 Å². The van der Waals surface area contributed by atoms with Gasteiger partial charge in [0.05, 0.1) is 0 Å². The van der Waals surface area contributed by atoms with Crippen LogP contribution in [-0.4, -0.2) is 55.5 Å². The van der Waals surface area contributed by atoms with Crippen molar-refractivity contribution in [3.63, 3.8) is 0 Å². The Balaban J connectivity index is 1.25. The molecular weight excluding hydrogens is 320 g/mol. The first-order chi connectivity index (χ1) is 12.8. The zero-order chi connectivity index (χ0) is 17.8. The lowest BCUT2D eigenvalue weighted by Crippen LogP contribution is -2.52. The molecule has 26 heavy (non-hydrogen) atoms. The van der Waals surface area contributed by atoms with Gasteiger partial charge in [-0.05, 0) is 23.1 Å². The van der Waals surface area contributed by atoms with E-state index in [0.29, 0.717) is 5.92 Å². The largest absolute Gasteiger partial charge is 0.356 e. The average Bonchev–Trinajstić information content (AvgIpc) is 2.67. The smallest absolute Gasteiger partial charge is 0.193 e. The van der Waals surface area contributed by atoms with Crippen LogP contribution in [0.2, 0.25) is 0 Å². The molecule has 2 aromatic rings. The monoisotopic (exact) mass is 348 g/mol. The topological polar surface area (TPSA) is 30.9 Å². The van der Waals surface area contributed by atoms with Gasteiger partial charge in [-0.25, -0.2) is 0 Å². The standard InChI is InChI=1S/C22H28N4/c1-23-22(24-16-20-15-19-9-5-6-10-21(19)20)26-13-11-25(12-14-26)17-18-7-3-2-4-8-18/h2-10,20H,11-17H2,1H3,(H,23,24). The summed E-state index contributed by atoms with van der Waals surface area (Å²) in [5, 5.41) is 3.60. The Morgan fingerprint density at radius 1 is 1.00 bits per heavy atom. The van der Waals surface area contributed by atoms with E-state index in [1.165, 1.54) is 23.1 Å². The molecule has 1 fully saturated rings. The van der Waals surface area contributed by atoms with E-state index in [1.807, 2.05) is 7.05 Å². The molecule has 1 aliphatic heterocycles. The molecule has 1 aliphatic carbocycles. The highest BCUT2D eigenvalue weighted by atomic mass is 15.3. The Kier molecular flexibility index (Phi) is 5.21. The van der Waals surface area contributed by atoms with Crippen LogP contribution in [0.3, 0.4) is 0 Å². The van der Waals surface area contributed by atoms with E-state index in [0.717, 1.165) is 45.2 Å². The third kappa shape index (κ3) is 3.75. The van der Waals surface area contributed by atoms with Crippen molar-refractivity contribution < 1.29 is 0 Å². The summed E-state index contributed by atoms with van der Waals surface area (Å²) in [5.74, 6) is 1.68. The van der Waals surface area contributed by atoms with Crippen molar-refractivity contribution in [3.05, 3.63) is 71.3 Å². The normalized spacial score (nSPS) is 20.4. The van der Waals surface area contributed by atoms with Crippen LogP contribution in [0.4, 0.5) is 0 Å². The van der Waals surface area contributed by atoms with Gasteiger partial charge >= 0.3 is 0 Å². The zero-order valence-corrected chi connectivity index (χ0v) is 15.6. The third-order valence-corrected chi connectivity index (χ3v) is 5.60. The molecule has 136 valence electrons. The Hall–Kier alpha value is -2.33. The molecule has 0 bridgehead atoms. The van der Waals surface area contributed by atoms with E-state index < -0.39 is 0 Å². The van der Waals surface area contributed by atoms with Crippen LogP contribution in [0.15, 0.2) is 59.6 Å². The quantitative estimate of drug-likeness (QED) is 0.681. The van der Waals surface area contributed by atoms with Crippen LogP contribution in [0.25, 0.3) is 0 Å². The maximum absolute atomic E-state index is 4.52. The molecule has 0 spiro atoms. The van der Waals surface area contributed by atoms with E-state index in [2.05, 4.69) is 74.7 Å². The Labute approximate surface area is 156 Å². The second-order valence-electron chi connectivity index (χ2n) is 7.28. The van der Waals surface area contributed by atoms with Gasteiger partial charge in [0.15, 0.2) is 5.96 Å². The van der Waals surface area contributed by atoms with Crippen molar-refractivity contribution in [3.8, 4) is 0 Å². The highest BCUT2D eigenvalue weighted by Gasteiger charge is 2.26. The summed E-state index contributed by atoms with van der Waals surface area (Å²) in [7, 11) is 1.90. The molecular formula is C22H28N4. The molecule has 1 saturated heterocycles. The van der Waals surface area contributed by atoms with E-state index in [4.69, 9.17) is 0 Å². The van der Waals surface area contributed by atoms with Crippen LogP contribution in [0.1, 0.15) is 22.6 Å². The molecule has 4 rings (SSSR count). The molecule has 4 heteroatoms. The van der Waals surface area contributed by atoms with Crippen molar-refractivity contribution in [1.82, 2.24) is 15.1 Å². The van der Waals surface area contributed by atoms with Gasteiger partial charge in [-0.2, -0.15) is 0 Å². The number of fused-ring (bicyclic) bond motifs is 1. The summed E-state index contributed by atoms with van der Waals surface area (Å²) in [6.07, 6.45) is 1.19. The predicted molar refractivity (Wildman–Crippen MR) is 108 cm³/mol. The summed E-state index contributed by atoms with van der Waals surface area (Å²) in [4.78, 5) is 9.44. The first-order valence-electron chi connectivity index (χ1n) is 9.63. The molecule has 2 aliphatic rings. The number of nitrogens with one attached hydrogen (secondary N) is 1. The molecule has 1 N–H and O–H groups in total. The summed E-state index contributed by atoms with van der Waals surface area (Å²) >= 11 is 0. The SMILES string of the molecule is CN=C(NCC1Cc2ccccc21)N1CCN(Cc2ccccc2)CC1. The highest BCUT2D eigenvalue weighted by molar-refractivity contribution is 5.80. The average molecular weight is 348 g/mol. The molecule has 1 unspecified atom stereocenters. The van der Waals surface area contributed by atoms with Crippen LogP contribution >= 0.6 is 0 Å². The minimum Gasteiger partial charge on any atom is -0.356 e. The fourth-order valence-corrected chi connectivity index (χ4v) is 4.05. The molecule has 0 amide bonds. The van der Waals surface area contributed by atoms with E-state index in [9.17, 15) is 0 Å². The predicted octanol–water partition coefficient (Wildman–Crippen LogP) is 2.72. The number of hydrogen-bond acceptors (Lipinski definition) is 2. The third-order valence-electron chi connectivity index (χ3n) is 5.60. The van der Waals surface area contributed by atoms with Crippen molar-refractivity contribution >= 4 is 5.96 Å². The van der Waals surface area contributed by atoms with Gasteiger partial charge in [-0.3, -0.25) is 9.89 Å². The lowest BCUT2D eigenvalue weighted by Gasteiger charge is -2.37. The lowest BCUT2D eigenvalue weighted by atomic mass is 9.78. The van der Waals surface area contributed by atoms with Crippen molar-refractivity contribution in [2.45, 2.75) is 18.9 Å². The van der Waals surface area contributed by atoms with Crippen LogP contribution in [0.5, 0.6) is 0 Å². The van der Waals surface area contributed by atoms with E-state index in [-0.39, 0.29) is 0 Å². The number of aliphatic imine (C=N–C) groups is 1. The Morgan fingerprint density at radius 3 is 2.46 bits per heavy atom. The molecule has 1 heterocycles. The fraction of sp³-hybridized carbons (Fsp3) is 0.409. The number of benzene rings is 2. The van der Waals surface area contributed by atoms with Crippen LogP contribution in [-0.2, 0) is 13.0 Å². The fourth-order valence-electron chi connectivity index (χ4n) is 4.05. The summed E-state index contributed by atoms with van der Waals surface area (Å²) in [6, 6.07) is 19.5. The van der Waals surface area contributed by atoms with Gasteiger partial charge in [-0.1, -0.05) is 54.6 Å². The highest BCUT2D eigenvalue weighted by Crippen LogP contribution is 2.34. The summed E-state index contributed by atoms with van der Waals surface area (Å²) < 4.78 is 0. The molecule has 0 radical (unpaired) electrons. The van der Waals surface area contributed by atoms with Gasteiger partial charge in [0.2, 0.25) is 0 Å². The Bertz CT molecular complexity index is 748. The molecule has 4 nitrogen and oxygen atoms in total. The van der Waals surface area contributed by atoms with Gasteiger partial charge < -0.3 is 10.2 Å². The summed E-state index contributed by atoms with van der Waals surface area (Å²) in [5.41, 5.74) is 4.40. The molecule has 0 saturated carbocycles. The maximum Gasteiger partial charge on any atom is 0.193 e. The number of guanidine groups is 1. The lowest BCUT2D eigenvalue weighted by molar-refractivity contribution is 0.172. The first-order valence-corrected chi connectivity index (χ1v) is 9.63. The van der Waals surface area contributed by atoms with Crippen LogP contribution in [0, 0.1) is 0 Å². The zero-order valence-electron chi connectivity index (χ0n) is 15.6. The number of rotatable bonds is 4. The van der Waals surface area contributed by atoms with Crippen molar-refractivity contribution in [2.24, 2.45) is 4.99 Å². The first kappa shape index (κ1) is 17.1. The van der Waals surface area contributed by atoms with Gasteiger partial charge in [0.25, 0.3) is 0 Å². The summed E-state index contributed by atoms with van der Waals surface area (Å²) in [6.45, 7) is 6.26. The van der Waals surface area contributed by atoms with E-state index >= 15 is 0 Å². The Morgan fingerprint density at radius 2 is 1.73 bits per heavy atom. The van der Waals surface area contributed by atoms with Gasteiger partial charge in [0.1, 0.15) is 0 Å². The minimum atomic E-state index is 0.627. The number of piperazine rings is 1. The van der Waals surface area contributed by atoms with Crippen LogP contribution < -0.4 is 5.32 Å². The maximum atomic E-state index is 4.52. The van der Waals surface area contributed by atoms with E-state index in [1.54, 1.807) is 0 Å². The second kappa shape index (κ2) is 7.92. The van der Waals surface area contributed by atoms with Gasteiger partial charge in [0, 0.05) is 52.2 Å². The minimum absolute atomic E-state index is 0.627. The molecule has 1 atom stereocenters. The van der Waals surface area contributed by atoms with Gasteiger partial charge in [-0.15, -0.1) is 0 Å². The van der Waals surface area contributed by atoms with Crippen molar-refractivity contribution in [2.75, 3.05) is 39.8 Å². The molecule has 2 aromatic carbocycles. The number of nitrogens with zero attached hydrogens (tertiary/aromatic N) is 3. The molecule has 0 aromatic heterocycles. The second-order valence-corrected chi connectivity index (χ2v) is 7.28.